The molecule has 10 nitrogen and oxygen atoms in total. The standard InChI is InChI=1S/C30H31N9O/c1-3-38-14-13-26(23-15-19(31)7-12-27(23)38)35-21-10-11-22(25(32)16-21)29(40)36-20-8-5-18(6-9-20)24-17-39(4-2)30(34)37-28(24)33/h5-17H,3-4,31H2,1-2H3,(H6,32,33,34,36,37,40)/p+1. The highest BCUT2D eigenvalue weighted by atomic mass is 16.1. The first-order chi connectivity index (χ1) is 19.3. The molecule has 0 spiro atoms. The first-order valence-electron chi connectivity index (χ1n) is 13.0. The van der Waals surface area contributed by atoms with Crippen LogP contribution in [0.4, 0.5) is 34.5 Å². The molecule has 5 aromatic rings. The molecular formula is C30H32N9O+. The summed E-state index contributed by atoms with van der Waals surface area (Å²) >= 11 is 0. The number of nitrogen functional groups attached to an aromatic ring is 4. The minimum atomic E-state index is -0.323. The summed E-state index contributed by atoms with van der Waals surface area (Å²) in [5.74, 6) is 0.375. The zero-order valence-corrected chi connectivity index (χ0v) is 22.4. The second-order valence-corrected chi connectivity index (χ2v) is 9.36. The van der Waals surface area contributed by atoms with Crippen molar-refractivity contribution in [1.82, 2.24) is 9.55 Å². The molecule has 0 aliphatic heterocycles. The molecular weight excluding hydrogens is 502 g/mol. The van der Waals surface area contributed by atoms with Gasteiger partial charge in [0.25, 0.3) is 5.91 Å². The lowest BCUT2D eigenvalue weighted by Crippen LogP contribution is -2.37. The number of rotatable bonds is 6. The maximum atomic E-state index is 13.0. The molecule has 3 aromatic carbocycles. The van der Waals surface area contributed by atoms with E-state index in [1.165, 1.54) is 0 Å². The quantitative estimate of drug-likeness (QED) is 0.164. The summed E-state index contributed by atoms with van der Waals surface area (Å²) in [7, 11) is 0. The summed E-state index contributed by atoms with van der Waals surface area (Å²) in [4.78, 5) is 22.0. The first kappa shape index (κ1) is 26.2. The van der Waals surface area contributed by atoms with Crippen molar-refractivity contribution in [3.63, 3.8) is 0 Å². The Bertz CT molecular complexity index is 1810. The monoisotopic (exact) mass is 534 g/mol. The van der Waals surface area contributed by atoms with Gasteiger partial charge in [-0.3, -0.25) is 10.5 Å². The predicted molar refractivity (Wildman–Crippen MR) is 160 cm³/mol. The Labute approximate surface area is 231 Å². The van der Waals surface area contributed by atoms with E-state index in [2.05, 4.69) is 21.8 Å². The van der Waals surface area contributed by atoms with Gasteiger partial charge in [-0.15, -0.1) is 0 Å². The molecule has 0 unspecified atom stereocenters. The minimum absolute atomic E-state index is 0.323. The lowest BCUT2D eigenvalue weighted by molar-refractivity contribution is -0.681. The zero-order chi connectivity index (χ0) is 28.4. The average molecular weight is 535 g/mol. The molecule has 0 saturated carbocycles. The number of carbonyl (C=O) groups excluding carboxylic acids is 1. The molecule has 0 fully saturated rings. The normalized spacial score (nSPS) is 11.6. The molecule has 202 valence electrons. The third-order valence-corrected chi connectivity index (χ3v) is 6.77. The SMILES string of the molecule is CCn1ccc(=Nc2ccc(C(=O)Nc3ccc(-c4c[n+](CC)c(N)nc4N)cc3)c(N)c2)c2cc(N)ccc21. The van der Waals surface area contributed by atoms with Crippen LogP contribution < -0.4 is 38.2 Å². The van der Waals surface area contributed by atoms with Crippen molar-refractivity contribution in [2.24, 2.45) is 4.99 Å². The molecule has 2 heterocycles. The van der Waals surface area contributed by atoms with Crippen LogP contribution >= 0.6 is 0 Å². The molecule has 0 aliphatic rings. The van der Waals surface area contributed by atoms with Gasteiger partial charge < -0.3 is 27.1 Å². The van der Waals surface area contributed by atoms with Crippen LogP contribution in [0, 0.1) is 0 Å². The van der Waals surface area contributed by atoms with E-state index in [1.54, 1.807) is 30.3 Å². The number of carbonyl (C=O) groups is 1. The molecule has 5 rings (SSSR count). The van der Waals surface area contributed by atoms with Gasteiger partial charge in [0.05, 0.1) is 40.4 Å². The molecule has 1 amide bonds. The Balaban J connectivity index is 1.38. The lowest BCUT2D eigenvalue weighted by atomic mass is 10.1. The van der Waals surface area contributed by atoms with Gasteiger partial charge in [-0.25, -0.2) is 9.56 Å². The lowest BCUT2D eigenvalue weighted by Gasteiger charge is -2.11. The van der Waals surface area contributed by atoms with Crippen molar-refractivity contribution in [3.05, 3.63) is 90.0 Å². The summed E-state index contributed by atoms with van der Waals surface area (Å²) in [5, 5.41) is 4.61. The summed E-state index contributed by atoms with van der Waals surface area (Å²) in [6.07, 6.45) is 3.86. The van der Waals surface area contributed by atoms with Crippen molar-refractivity contribution in [2.75, 3.05) is 28.3 Å². The number of aryl methyl sites for hydroxylation is 2. The minimum Gasteiger partial charge on any atom is -0.399 e. The number of nitrogens with zero attached hydrogens (tertiary/aromatic N) is 4. The zero-order valence-electron chi connectivity index (χ0n) is 22.4. The topological polar surface area (TPSA) is 167 Å². The van der Waals surface area contributed by atoms with Crippen LogP contribution in [-0.2, 0) is 13.1 Å². The van der Waals surface area contributed by atoms with Gasteiger partial charge in [-0.1, -0.05) is 17.1 Å². The highest BCUT2D eigenvalue weighted by Gasteiger charge is 2.15. The fourth-order valence-electron chi connectivity index (χ4n) is 4.62. The molecule has 10 heteroatoms. The maximum absolute atomic E-state index is 13.0. The fraction of sp³-hybridized carbons (Fsp3) is 0.133. The molecule has 0 radical (unpaired) electrons. The predicted octanol–water partition coefficient (Wildman–Crippen LogP) is 3.84. The molecule has 2 aromatic heterocycles. The summed E-state index contributed by atoms with van der Waals surface area (Å²) in [6, 6.07) is 20.2. The number of nitrogens with one attached hydrogen (secondary N) is 1. The van der Waals surface area contributed by atoms with E-state index < -0.39 is 0 Å². The fourth-order valence-corrected chi connectivity index (χ4v) is 4.62. The van der Waals surface area contributed by atoms with Crippen LogP contribution in [0.25, 0.3) is 22.0 Å². The van der Waals surface area contributed by atoms with E-state index in [9.17, 15) is 4.79 Å². The Morgan fingerprint density at radius 3 is 2.45 bits per heavy atom. The molecule has 0 bridgehead atoms. The first-order valence-corrected chi connectivity index (χ1v) is 13.0. The molecule has 0 saturated heterocycles. The summed E-state index contributed by atoms with van der Waals surface area (Å²) < 4.78 is 3.95. The third-order valence-electron chi connectivity index (χ3n) is 6.77. The molecule has 0 aliphatic carbocycles. The number of anilines is 5. The second kappa shape index (κ2) is 10.8. The van der Waals surface area contributed by atoms with Crippen LogP contribution in [0.2, 0.25) is 0 Å². The summed E-state index contributed by atoms with van der Waals surface area (Å²) in [5.41, 5.74) is 29.6. The van der Waals surface area contributed by atoms with Gasteiger partial charge in [0.15, 0.2) is 0 Å². The van der Waals surface area contributed by atoms with Crippen molar-refractivity contribution >= 4 is 51.3 Å². The van der Waals surface area contributed by atoms with Gasteiger partial charge in [-0.2, -0.15) is 0 Å². The van der Waals surface area contributed by atoms with Gasteiger partial charge in [0.2, 0.25) is 5.82 Å². The van der Waals surface area contributed by atoms with Crippen LogP contribution in [0.5, 0.6) is 0 Å². The van der Waals surface area contributed by atoms with Crippen LogP contribution in [0.1, 0.15) is 24.2 Å². The number of amides is 1. The Morgan fingerprint density at radius 2 is 1.75 bits per heavy atom. The molecule has 40 heavy (non-hydrogen) atoms. The summed E-state index contributed by atoms with van der Waals surface area (Å²) in [6.45, 7) is 5.55. The van der Waals surface area contributed by atoms with Crippen molar-refractivity contribution in [1.29, 1.82) is 0 Å². The van der Waals surface area contributed by atoms with E-state index in [-0.39, 0.29) is 5.91 Å². The molecule has 0 atom stereocenters. The number of hydrogen-bond acceptors (Lipinski definition) is 7. The highest BCUT2D eigenvalue weighted by molar-refractivity contribution is 6.08. The van der Waals surface area contributed by atoms with Gasteiger partial charge in [0, 0.05) is 35.2 Å². The largest absolute Gasteiger partial charge is 0.399 e. The van der Waals surface area contributed by atoms with Crippen LogP contribution in [0.15, 0.2) is 84.1 Å². The van der Waals surface area contributed by atoms with Crippen molar-refractivity contribution < 1.29 is 9.36 Å². The van der Waals surface area contributed by atoms with E-state index in [4.69, 9.17) is 27.9 Å². The average Bonchev–Trinajstić information content (AvgIpc) is 2.94. The number of hydrogen-bond donors (Lipinski definition) is 5. The number of benzene rings is 3. The highest BCUT2D eigenvalue weighted by Crippen LogP contribution is 2.26. The number of fused-ring (bicyclic) bond motifs is 1. The smallest absolute Gasteiger partial charge is 0.391 e. The number of nitrogens with two attached hydrogens (primary N) is 4. The van der Waals surface area contributed by atoms with Crippen LogP contribution in [0.3, 0.4) is 0 Å². The number of pyridine rings is 1. The van der Waals surface area contributed by atoms with E-state index in [0.29, 0.717) is 46.6 Å². The van der Waals surface area contributed by atoms with Gasteiger partial charge in [-0.05, 0) is 74.0 Å². The van der Waals surface area contributed by atoms with Crippen molar-refractivity contribution in [2.45, 2.75) is 26.9 Å². The molecule has 9 N–H and O–H groups in total. The third kappa shape index (κ3) is 5.14. The Kier molecular flexibility index (Phi) is 7.07. The van der Waals surface area contributed by atoms with E-state index in [1.807, 2.05) is 60.3 Å². The number of aromatic nitrogens is 3. The van der Waals surface area contributed by atoms with E-state index >= 15 is 0 Å². The van der Waals surface area contributed by atoms with E-state index in [0.717, 1.165) is 33.9 Å². The van der Waals surface area contributed by atoms with Gasteiger partial charge >= 0.3 is 5.95 Å². The maximum Gasteiger partial charge on any atom is 0.391 e. The Hall–Kier alpha value is -5.38. The second-order valence-electron chi connectivity index (χ2n) is 9.36. The van der Waals surface area contributed by atoms with Crippen LogP contribution in [-0.4, -0.2) is 15.5 Å². The Morgan fingerprint density at radius 1 is 0.975 bits per heavy atom. The van der Waals surface area contributed by atoms with Crippen molar-refractivity contribution in [3.8, 4) is 11.1 Å². The van der Waals surface area contributed by atoms with Gasteiger partial charge in [0.1, 0.15) is 0 Å².